The highest BCUT2D eigenvalue weighted by atomic mass is 35.5. The van der Waals surface area contributed by atoms with Crippen LogP contribution >= 0.6 is 36.2 Å². The Kier molecular flexibility index (Phi) is 8.32. The molecule has 1 amide bonds. The Morgan fingerprint density at radius 2 is 2.10 bits per heavy atom. The molecule has 116 valence electrons. The fourth-order valence-electron chi connectivity index (χ4n) is 1.61. The molecule has 0 spiro atoms. The normalized spacial score (nSPS) is 9.67. The van der Waals surface area contributed by atoms with Crippen molar-refractivity contribution in [2.24, 2.45) is 0 Å². The Balaban J connectivity index is 0.00000200. The molecule has 1 aromatic heterocycles. The van der Waals surface area contributed by atoms with Gasteiger partial charge in [0.05, 0.1) is 12.2 Å². The summed E-state index contributed by atoms with van der Waals surface area (Å²) in [4.78, 5) is 16.4. The van der Waals surface area contributed by atoms with Crippen molar-refractivity contribution in [1.29, 1.82) is 0 Å². The number of carbonyl (C=O) groups excluding carboxylic acids is 1. The molecular formula is C14H19Cl2N3OS. The van der Waals surface area contributed by atoms with Gasteiger partial charge in [-0.2, -0.15) is 0 Å². The molecule has 0 aliphatic heterocycles. The van der Waals surface area contributed by atoms with Crippen LogP contribution in [0.5, 0.6) is 0 Å². The maximum absolute atomic E-state index is 11.9. The summed E-state index contributed by atoms with van der Waals surface area (Å²) in [7, 11) is 0. The van der Waals surface area contributed by atoms with E-state index in [0.717, 1.165) is 10.7 Å². The van der Waals surface area contributed by atoms with Crippen LogP contribution in [0.4, 0.5) is 5.69 Å². The van der Waals surface area contributed by atoms with E-state index >= 15 is 0 Å². The second-order valence-electron chi connectivity index (χ2n) is 4.63. The maximum Gasteiger partial charge on any atom is 0.251 e. The molecule has 2 aromatic rings. The third-order valence-corrected chi connectivity index (χ3v) is 3.58. The number of benzene rings is 1. The van der Waals surface area contributed by atoms with E-state index in [1.807, 2.05) is 5.38 Å². The maximum atomic E-state index is 11.9. The highest BCUT2D eigenvalue weighted by Crippen LogP contribution is 2.17. The summed E-state index contributed by atoms with van der Waals surface area (Å²) in [5.41, 5.74) is 7.87. The summed E-state index contributed by atoms with van der Waals surface area (Å²) in [6.07, 6.45) is 0. The zero-order valence-corrected chi connectivity index (χ0v) is 14.3. The van der Waals surface area contributed by atoms with Gasteiger partial charge in [0, 0.05) is 16.6 Å². The van der Waals surface area contributed by atoms with E-state index in [9.17, 15) is 4.79 Å². The molecule has 0 saturated carbocycles. The van der Waals surface area contributed by atoms with Crippen molar-refractivity contribution in [1.82, 2.24) is 10.3 Å². The van der Waals surface area contributed by atoms with Crippen LogP contribution in [0, 0.1) is 0 Å². The molecular weight excluding hydrogens is 329 g/mol. The highest BCUT2D eigenvalue weighted by Gasteiger charge is 2.08. The van der Waals surface area contributed by atoms with Crippen LogP contribution in [0.2, 0.25) is 0 Å². The molecule has 0 aliphatic rings. The van der Waals surface area contributed by atoms with Gasteiger partial charge in [-0.15, -0.1) is 36.2 Å². The molecule has 2 rings (SSSR count). The second-order valence-corrected chi connectivity index (χ2v) is 5.57. The smallest absolute Gasteiger partial charge is 0.251 e. The fraction of sp³-hybridized carbons (Fsp3) is 0.286. The average Bonchev–Trinajstić information content (AvgIpc) is 2.85. The standard InChI is InChI=1S/C14H17N3OS.2ClH/c1-9(2)12-8-19-13(17-12)7-16-14(18)10-4-3-5-11(15)6-10;;/h3-6,8-9H,7,15H2,1-2H3,(H,16,18);2*1H. The van der Waals surface area contributed by atoms with Crippen LogP contribution in [-0.2, 0) is 6.54 Å². The van der Waals surface area contributed by atoms with E-state index in [4.69, 9.17) is 5.73 Å². The van der Waals surface area contributed by atoms with Gasteiger partial charge in [0.1, 0.15) is 5.01 Å². The molecule has 0 aliphatic carbocycles. The average molecular weight is 348 g/mol. The number of nitrogens with two attached hydrogens (primary N) is 1. The Bertz CT molecular complexity index is 587. The van der Waals surface area contributed by atoms with Gasteiger partial charge in [0.25, 0.3) is 5.91 Å². The van der Waals surface area contributed by atoms with Crippen LogP contribution in [0.25, 0.3) is 0 Å². The highest BCUT2D eigenvalue weighted by molar-refractivity contribution is 7.09. The predicted octanol–water partition coefficient (Wildman–Crippen LogP) is 3.62. The molecule has 4 nitrogen and oxygen atoms in total. The van der Waals surface area contributed by atoms with Gasteiger partial charge in [-0.1, -0.05) is 19.9 Å². The van der Waals surface area contributed by atoms with Crippen molar-refractivity contribution in [3.63, 3.8) is 0 Å². The summed E-state index contributed by atoms with van der Waals surface area (Å²) < 4.78 is 0. The molecule has 0 atom stereocenters. The molecule has 0 saturated heterocycles. The lowest BCUT2D eigenvalue weighted by Crippen LogP contribution is -2.22. The molecule has 3 N–H and O–H groups in total. The van der Waals surface area contributed by atoms with Crippen LogP contribution in [-0.4, -0.2) is 10.9 Å². The minimum absolute atomic E-state index is 0. The molecule has 0 radical (unpaired) electrons. The monoisotopic (exact) mass is 347 g/mol. The van der Waals surface area contributed by atoms with Crippen molar-refractivity contribution in [3.8, 4) is 0 Å². The van der Waals surface area contributed by atoms with E-state index in [2.05, 4.69) is 24.1 Å². The van der Waals surface area contributed by atoms with Crippen molar-refractivity contribution >= 4 is 47.7 Å². The van der Waals surface area contributed by atoms with Gasteiger partial charge in [-0.3, -0.25) is 4.79 Å². The van der Waals surface area contributed by atoms with Crippen molar-refractivity contribution in [3.05, 3.63) is 45.9 Å². The van der Waals surface area contributed by atoms with Crippen LogP contribution in [0.15, 0.2) is 29.6 Å². The second kappa shape index (κ2) is 8.87. The summed E-state index contributed by atoms with van der Waals surface area (Å²) in [6, 6.07) is 6.93. The summed E-state index contributed by atoms with van der Waals surface area (Å²) in [5, 5.41) is 5.80. The number of nitrogens with zero attached hydrogens (tertiary/aromatic N) is 1. The van der Waals surface area contributed by atoms with Crippen LogP contribution in [0.1, 0.15) is 40.8 Å². The molecule has 1 heterocycles. The van der Waals surface area contributed by atoms with E-state index in [1.54, 1.807) is 35.6 Å². The third-order valence-electron chi connectivity index (χ3n) is 2.71. The quantitative estimate of drug-likeness (QED) is 0.829. The molecule has 21 heavy (non-hydrogen) atoms. The first-order valence-electron chi connectivity index (χ1n) is 6.14. The van der Waals surface area contributed by atoms with Crippen molar-refractivity contribution in [2.45, 2.75) is 26.3 Å². The zero-order valence-electron chi connectivity index (χ0n) is 11.8. The number of halogens is 2. The fourth-order valence-corrected chi connectivity index (χ4v) is 2.50. The number of anilines is 1. The summed E-state index contributed by atoms with van der Waals surface area (Å²) >= 11 is 1.57. The molecule has 0 unspecified atom stereocenters. The number of aromatic nitrogens is 1. The Morgan fingerprint density at radius 1 is 1.38 bits per heavy atom. The number of thiazole rings is 1. The topological polar surface area (TPSA) is 68.0 Å². The first-order chi connectivity index (χ1) is 9.06. The molecule has 1 aromatic carbocycles. The number of hydrogen-bond donors (Lipinski definition) is 2. The summed E-state index contributed by atoms with van der Waals surface area (Å²) in [5.74, 6) is 0.281. The molecule has 0 fully saturated rings. The van der Waals surface area contributed by atoms with Crippen LogP contribution < -0.4 is 11.1 Å². The van der Waals surface area contributed by atoms with Gasteiger partial charge in [-0.05, 0) is 24.1 Å². The molecule has 7 heteroatoms. The lowest BCUT2D eigenvalue weighted by Gasteiger charge is -2.04. The van der Waals surface area contributed by atoms with E-state index in [0.29, 0.717) is 23.7 Å². The lowest BCUT2D eigenvalue weighted by molar-refractivity contribution is 0.0951. The van der Waals surface area contributed by atoms with E-state index < -0.39 is 0 Å². The number of nitrogen functional groups attached to an aromatic ring is 1. The minimum Gasteiger partial charge on any atom is -0.399 e. The van der Waals surface area contributed by atoms with Crippen molar-refractivity contribution in [2.75, 3.05) is 5.73 Å². The third kappa shape index (κ3) is 5.53. The van der Waals surface area contributed by atoms with Gasteiger partial charge < -0.3 is 11.1 Å². The van der Waals surface area contributed by atoms with E-state index in [-0.39, 0.29) is 30.7 Å². The van der Waals surface area contributed by atoms with Gasteiger partial charge >= 0.3 is 0 Å². The number of amides is 1. The number of nitrogens with one attached hydrogen (secondary N) is 1. The zero-order chi connectivity index (χ0) is 13.8. The minimum atomic E-state index is -0.131. The van der Waals surface area contributed by atoms with Gasteiger partial charge in [-0.25, -0.2) is 4.98 Å². The Morgan fingerprint density at radius 3 is 2.67 bits per heavy atom. The first kappa shape index (κ1) is 19.7. The van der Waals surface area contributed by atoms with E-state index in [1.165, 1.54) is 0 Å². The summed E-state index contributed by atoms with van der Waals surface area (Å²) in [6.45, 7) is 4.65. The lowest BCUT2D eigenvalue weighted by atomic mass is 10.2. The van der Waals surface area contributed by atoms with Gasteiger partial charge in [0.15, 0.2) is 0 Å². The predicted molar refractivity (Wildman–Crippen MR) is 92.7 cm³/mol. The van der Waals surface area contributed by atoms with Crippen LogP contribution in [0.3, 0.4) is 0 Å². The first-order valence-corrected chi connectivity index (χ1v) is 7.02. The number of hydrogen-bond acceptors (Lipinski definition) is 4. The van der Waals surface area contributed by atoms with Gasteiger partial charge in [0.2, 0.25) is 0 Å². The van der Waals surface area contributed by atoms with Crippen molar-refractivity contribution < 1.29 is 4.79 Å². The number of carbonyl (C=O) groups is 1. The Hall–Kier alpha value is -1.30. The SMILES string of the molecule is CC(C)c1csc(CNC(=O)c2cccc(N)c2)n1.Cl.Cl. The Labute approximate surface area is 141 Å². The number of rotatable bonds is 4. The molecule has 0 bridgehead atoms. The largest absolute Gasteiger partial charge is 0.399 e.